The van der Waals surface area contributed by atoms with E-state index < -0.39 is 5.97 Å². The van der Waals surface area contributed by atoms with Crippen molar-refractivity contribution in [3.05, 3.63) is 39.8 Å². The number of hydrogen-bond donors (Lipinski definition) is 1. The topological polar surface area (TPSA) is 93.8 Å². The molecule has 0 bridgehead atoms. The molecule has 7 nitrogen and oxygen atoms in total. The third-order valence-electron chi connectivity index (χ3n) is 2.39. The third-order valence-corrected chi connectivity index (χ3v) is 4.91. The van der Waals surface area contributed by atoms with Crippen LogP contribution >= 0.6 is 39.0 Å². The number of nitrogens with zero attached hydrogens (tertiary/aromatic N) is 5. The number of tetrazole rings is 1. The van der Waals surface area contributed by atoms with Gasteiger partial charge in [0.05, 0.1) is 11.9 Å². The van der Waals surface area contributed by atoms with Gasteiger partial charge in [0.2, 0.25) is 5.16 Å². The van der Waals surface area contributed by atoms with E-state index in [9.17, 15) is 4.79 Å². The average molecular weight is 384 g/mol. The Morgan fingerprint density at radius 2 is 2.10 bits per heavy atom. The second kappa shape index (κ2) is 5.92. The lowest BCUT2D eigenvalue weighted by molar-refractivity contribution is 0.0702. The summed E-state index contributed by atoms with van der Waals surface area (Å²) < 4.78 is 3.10. The van der Waals surface area contributed by atoms with E-state index in [2.05, 4.69) is 36.4 Å². The average Bonchev–Trinajstić information content (AvgIpc) is 3.10. The predicted octanol–water partition coefficient (Wildman–Crippen LogP) is 2.73. The first-order valence-corrected chi connectivity index (χ1v) is 7.97. The fourth-order valence-electron chi connectivity index (χ4n) is 1.47. The lowest BCUT2D eigenvalue weighted by atomic mass is 10.3. The molecule has 0 saturated carbocycles. The number of aromatic nitrogens is 5. The fraction of sp³-hybridized carbons (Fsp3) is 0. The quantitative estimate of drug-likeness (QED) is 0.739. The summed E-state index contributed by atoms with van der Waals surface area (Å²) in [6.07, 6.45) is 1.32. The highest BCUT2D eigenvalue weighted by Crippen LogP contribution is 2.30. The van der Waals surface area contributed by atoms with E-state index in [0.29, 0.717) is 9.50 Å². The summed E-state index contributed by atoms with van der Waals surface area (Å²) in [6, 6.07) is 7.51. The Morgan fingerprint density at radius 3 is 2.76 bits per heavy atom. The van der Waals surface area contributed by atoms with Gasteiger partial charge in [0.25, 0.3) is 0 Å². The van der Waals surface area contributed by atoms with Crippen LogP contribution in [0.25, 0.3) is 5.69 Å². The van der Waals surface area contributed by atoms with Crippen molar-refractivity contribution in [2.75, 3.05) is 0 Å². The molecular weight excluding hydrogens is 378 g/mol. The Labute approximate surface area is 135 Å². The Morgan fingerprint density at radius 1 is 1.33 bits per heavy atom. The maximum absolute atomic E-state index is 10.8. The first-order valence-electron chi connectivity index (χ1n) is 5.55. The third kappa shape index (κ3) is 3.12. The SMILES string of the molecule is O=C(O)c1cnc(Sc2nnnn2-c2ccc(Br)cc2)s1. The first-order chi connectivity index (χ1) is 10.1. The molecule has 1 N–H and O–H groups in total. The standard InChI is InChI=1S/C11H6BrN5O2S2/c12-6-1-3-7(4-2-6)17-10(14-15-16-17)21-11-13-5-8(20-11)9(18)19/h1-5H,(H,18,19). The smallest absolute Gasteiger partial charge is 0.347 e. The molecule has 2 heterocycles. The predicted molar refractivity (Wildman–Crippen MR) is 80.1 cm³/mol. The second-order valence-electron chi connectivity index (χ2n) is 3.75. The summed E-state index contributed by atoms with van der Waals surface area (Å²) in [5, 5.41) is 20.9. The number of thiazole rings is 1. The number of rotatable bonds is 4. The van der Waals surface area contributed by atoms with Gasteiger partial charge >= 0.3 is 5.97 Å². The Kier molecular flexibility index (Phi) is 3.99. The van der Waals surface area contributed by atoms with Crippen molar-refractivity contribution in [1.29, 1.82) is 0 Å². The summed E-state index contributed by atoms with van der Waals surface area (Å²) in [6.45, 7) is 0. The van der Waals surface area contributed by atoms with Crippen LogP contribution in [0.15, 0.2) is 44.4 Å². The molecule has 0 spiro atoms. The van der Waals surface area contributed by atoms with E-state index in [1.165, 1.54) is 18.0 Å². The van der Waals surface area contributed by atoms with E-state index in [1.807, 2.05) is 24.3 Å². The molecule has 3 aromatic rings. The molecule has 0 atom stereocenters. The van der Waals surface area contributed by atoms with Gasteiger partial charge in [-0.15, -0.1) is 16.4 Å². The van der Waals surface area contributed by atoms with Gasteiger partial charge in [-0.05, 0) is 46.5 Å². The summed E-state index contributed by atoms with van der Waals surface area (Å²) in [5.74, 6) is -0.994. The summed E-state index contributed by atoms with van der Waals surface area (Å²) in [7, 11) is 0. The van der Waals surface area contributed by atoms with Gasteiger partial charge in [0.15, 0.2) is 4.34 Å². The summed E-state index contributed by atoms with van der Waals surface area (Å²) in [5.41, 5.74) is 0.806. The van der Waals surface area contributed by atoms with E-state index in [0.717, 1.165) is 21.5 Å². The van der Waals surface area contributed by atoms with Gasteiger partial charge in [-0.25, -0.2) is 9.78 Å². The van der Waals surface area contributed by atoms with Crippen LogP contribution in [0.5, 0.6) is 0 Å². The van der Waals surface area contributed by atoms with Crippen LogP contribution < -0.4 is 0 Å². The van der Waals surface area contributed by atoms with Gasteiger partial charge in [0, 0.05) is 4.47 Å². The lowest BCUT2D eigenvalue weighted by Gasteiger charge is -2.02. The minimum atomic E-state index is -0.994. The van der Waals surface area contributed by atoms with Gasteiger partial charge in [-0.2, -0.15) is 4.68 Å². The molecular formula is C11H6BrN5O2S2. The molecule has 1 aromatic carbocycles. The van der Waals surface area contributed by atoms with Crippen LogP contribution in [-0.2, 0) is 0 Å². The molecule has 21 heavy (non-hydrogen) atoms. The normalized spacial score (nSPS) is 10.7. The van der Waals surface area contributed by atoms with Crippen LogP contribution in [-0.4, -0.2) is 36.3 Å². The molecule has 3 rings (SSSR count). The van der Waals surface area contributed by atoms with Crippen LogP contribution in [0.1, 0.15) is 9.67 Å². The van der Waals surface area contributed by atoms with Crippen molar-refractivity contribution in [1.82, 2.24) is 25.2 Å². The molecule has 0 fully saturated rings. The largest absolute Gasteiger partial charge is 0.477 e. The monoisotopic (exact) mass is 383 g/mol. The lowest BCUT2D eigenvalue weighted by Crippen LogP contribution is -1.98. The first kappa shape index (κ1) is 14.2. The van der Waals surface area contributed by atoms with E-state index >= 15 is 0 Å². The van der Waals surface area contributed by atoms with Crippen molar-refractivity contribution in [3.63, 3.8) is 0 Å². The van der Waals surface area contributed by atoms with Gasteiger partial charge in [-0.3, -0.25) is 0 Å². The number of hydrogen-bond acceptors (Lipinski definition) is 7. The number of carboxylic acid groups (broad SMARTS) is 1. The van der Waals surface area contributed by atoms with Crippen molar-refractivity contribution in [3.8, 4) is 5.69 Å². The highest BCUT2D eigenvalue weighted by molar-refractivity contribution is 9.10. The molecule has 2 aromatic heterocycles. The van der Waals surface area contributed by atoms with Crippen molar-refractivity contribution < 1.29 is 9.90 Å². The fourth-order valence-corrected chi connectivity index (χ4v) is 3.45. The maximum atomic E-state index is 10.8. The molecule has 0 radical (unpaired) electrons. The van der Waals surface area contributed by atoms with Crippen molar-refractivity contribution in [2.24, 2.45) is 0 Å². The molecule has 0 unspecified atom stereocenters. The van der Waals surface area contributed by atoms with Gasteiger partial charge < -0.3 is 5.11 Å². The minimum absolute atomic E-state index is 0.181. The van der Waals surface area contributed by atoms with Gasteiger partial charge in [0.1, 0.15) is 4.88 Å². The molecule has 0 amide bonds. The molecule has 0 saturated heterocycles. The van der Waals surface area contributed by atoms with E-state index in [-0.39, 0.29) is 4.88 Å². The number of aromatic carboxylic acids is 1. The second-order valence-corrected chi connectivity index (χ2v) is 6.91. The van der Waals surface area contributed by atoms with Crippen LogP contribution in [0.4, 0.5) is 0 Å². The zero-order chi connectivity index (χ0) is 14.8. The Hall–Kier alpha value is -1.78. The highest BCUT2D eigenvalue weighted by Gasteiger charge is 2.14. The zero-order valence-corrected chi connectivity index (χ0v) is 13.4. The summed E-state index contributed by atoms with van der Waals surface area (Å²) in [4.78, 5) is 15.1. The number of benzene rings is 1. The minimum Gasteiger partial charge on any atom is -0.477 e. The highest BCUT2D eigenvalue weighted by atomic mass is 79.9. The Bertz CT molecular complexity index is 786. The summed E-state index contributed by atoms with van der Waals surface area (Å²) >= 11 is 5.67. The number of carboxylic acids is 1. The number of carbonyl (C=O) groups is 1. The maximum Gasteiger partial charge on any atom is 0.347 e. The molecule has 106 valence electrons. The van der Waals surface area contributed by atoms with Crippen molar-refractivity contribution in [2.45, 2.75) is 9.50 Å². The van der Waals surface area contributed by atoms with Crippen LogP contribution in [0.2, 0.25) is 0 Å². The molecule has 10 heteroatoms. The molecule has 0 aliphatic heterocycles. The number of halogens is 1. The van der Waals surface area contributed by atoms with Gasteiger partial charge in [-0.1, -0.05) is 15.9 Å². The van der Waals surface area contributed by atoms with Crippen LogP contribution in [0, 0.1) is 0 Å². The zero-order valence-electron chi connectivity index (χ0n) is 10.2. The van der Waals surface area contributed by atoms with Crippen molar-refractivity contribution >= 4 is 45.0 Å². The molecule has 0 aliphatic rings. The van der Waals surface area contributed by atoms with E-state index in [4.69, 9.17) is 5.11 Å². The van der Waals surface area contributed by atoms with E-state index in [1.54, 1.807) is 4.68 Å². The Balaban J connectivity index is 1.88. The van der Waals surface area contributed by atoms with Crippen LogP contribution in [0.3, 0.4) is 0 Å². The molecule has 0 aliphatic carbocycles.